The third kappa shape index (κ3) is 5.29. The standard InChI is InChI=1S/C20H27N3O4/c1-13-4-2-3-5-17(13)27-11-10-21-19(25)20(26)22-15-7-8-16-14(12-15)6-9-18(24)23-16/h7-8,12-13,17H,2-6,9-11H2,1H3,(H,21,25)(H,22,26)(H,23,24)/t13-,17-/m1/s1. The van der Waals surface area contributed by atoms with Crippen molar-refractivity contribution in [3.05, 3.63) is 23.8 Å². The molecule has 0 spiro atoms. The van der Waals surface area contributed by atoms with Gasteiger partial charge in [0.05, 0.1) is 12.7 Å². The second-order valence-corrected chi connectivity index (χ2v) is 7.30. The third-order valence-corrected chi connectivity index (χ3v) is 5.22. The van der Waals surface area contributed by atoms with Gasteiger partial charge in [-0.05, 0) is 48.9 Å². The minimum atomic E-state index is -0.708. The number of hydrogen-bond acceptors (Lipinski definition) is 4. The molecule has 1 saturated carbocycles. The fourth-order valence-corrected chi connectivity index (χ4v) is 3.63. The summed E-state index contributed by atoms with van der Waals surface area (Å²) in [5, 5.41) is 7.97. The molecular formula is C20H27N3O4. The summed E-state index contributed by atoms with van der Waals surface area (Å²) in [7, 11) is 0. The number of anilines is 2. The highest BCUT2D eigenvalue weighted by Gasteiger charge is 2.22. The number of rotatable bonds is 5. The zero-order chi connectivity index (χ0) is 19.2. The SMILES string of the molecule is C[C@@H]1CCCC[C@H]1OCCNC(=O)C(=O)Nc1ccc2c(c1)CCC(=O)N2. The van der Waals surface area contributed by atoms with Crippen LogP contribution >= 0.6 is 0 Å². The van der Waals surface area contributed by atoms with Crippen LogP contribution < -0.4 is 16.0 Å². The second-order valence-electron chi connectivity index (χ2n) is 7.30. The Bertz CT molecular complexity index is 719. The van der Waals surface area contributed by atoms with Crippen molar-refractivity contribution in [2.45, 2.75) is 51.6 Å². The van der Waals surface area contributed by atoms with Gasteiger partial charge in [-0.3, -0.25) is 14.4 Å². The van der Waals surface area contributed by atoms with Crippen LogP contribution in [0.4, 0.5) is 11.4 Å². The van der Waals surface area contributed by atoms with E-state index < -0.39 is 11.8 Å². The van der Waals surface area contributed by atoms with E-state index in [-0.39, 0.29) is 12.0 Å². The van der Waals surface area contributed by atoms with Crippen LogP contribution in [-0.2, 0) is 25.5 Å². The van der Waals surface area contributed by atoms with E-state index in [1.165, 1.54) is 19.3 Å². The Morgan fingerprint density at radius 1 is 1.19 bits per heavy atom. The second kappa shape index (κ2) is 8.99. The molecule has 0 bridgehead atoms. The Morgan fingerprint density at radius 2 is 2.00 bits per heavy atom. The van der Waals surface area contributed by atoms with Crippen LogP contribution in [0.1, 0.15) is 44.6 Å². The Balaban J connectivity index is 1.41. The molecule has 1 aliphatic heterocycles. The molecule has 1 fully saturated rings. The lowest BCUT2D eigenvalue weighted by Crippen LogP contribution is -2.38. The van der Waals surface area contributed by atoms with Gasteiger partial charge in [-0.25, -0.2) is 0 Å². The summed E-state index contributed by atoms with van der Waals surface area (Å²) in [5.74, 6) is -0.850. The van der Waals surface area contributed by atoms with Crippen LogP contribution in [0.2, 0.25) is 0 Å². The van der Waals surface area contributed by atoms with E-state index >= 15 is 0 Å². The van der Waals surface area contributed by atoms with Gasteiger partial charge >= 0.3 is 11.8 Å². The number of amides is 3. The van der Waals surface area contributed by atoms with Gasteiger partial charge in [0.1, 0.15) is 0 Å². The van der Waals surface area contributed by atoms with E-state index in [0.29, 0.717) is 37.6 Å². The van der Waals surface area contributed by atoms with Crippen molar-refractivity contribution < 1.29 is 19.1 Å². The summed E-state index contributed by atoms with van der Waals surface area (Å²) >= 11 is 0. The Morgan fingerprint density at radius 3 is 2.81 bits per heavy atom. The molecule has 1 aromatic rings. The average molecular weight is 373 g/mol. The first-order chi connectivity index (χ1) is 13.0. The van der Waals surface area contributed by atoms with Crippen LogP contribution in [0.5, 0.6) is 0 Å². The molecule has 0 aromatic heterocycles. The fraction of sp³-hybridized carbons (Fsp3) is 0.550. The topological polar surface area (TPSA) is 96.5 Å². The molecule has 7 nitrogen and oxygen atoms in total. The lowest BCUT2D eigenvalue weighted by molar-refractivity contribution is -0.136. The van der Waals surface area contributed by atoms with Gasteiger partial charge in [-0.15, -0.1) is 0 Å². The van der Waals surface area contributed by atoms with Crippen molar-refractivity contribution in [2.75, 3.05) is 23.8 Å². The maximum atomic E-state index is 12.0. The van der Waals surface area contributed by atoms with Gasteiger partial charge in [-0.1, -0.05) is 19.8 Å². The van der Waals surface area contributed by atoms with Crippen LogP contribution in [0, 0.1) is 5.92 Å². The van der Waals surface area contributed by atoms with Crippen molar-refractivity contribution in [3.8, 4) is 0 Å². The van der Waals surface area contributed by atoms with Crippen LogP contribution in [-0.4, -0.2) is 37.0 Å². The molecule has 1 aliphatic carbocycles. The first-order valence-corrected chi connectivity index (χ1v) is 9.66. The highest BCUT2D eigenvalue weighted by molar-refractivity contribution is 6.39. The maximum Gasteiger partial charge on any atom is 0.313 e. The van der Waals surface area contributed by atoms with Gasteiger partial charge in [0, 0.05) is 24.3 Å². The summed E-state index contributed by atoms with van der Waals surface area (Å²) < 4.78 is 5.83. The first-order valence-electron chi connectivity index (χ1n) is 9.66. The Labute approximate surface area is 159 Å². The van der Waals surface area contributed by atoms with E-state index in [4.69, 9.17) is 4.74 Å². The van der Waals surface area contributed by atoms with E-state index in [1.54, 1.807) is 18.2 Å². The Hall–Kier alpha value is -2.41. The summed E-state index contributed by atoms with van der Waals surface area (Å²) in [6.45, 7) is 2.91. The molecule has 146 valence electrons. The van der Waals surface area contributed by atoms with Crippen molar-refractivity contribution in [1.29, 1.82) is 0 Å². The van der Waals surface area contributed by atoms with Crippen LogP contribution in [0.15, 0.2) is 18.2 Å². The number of carbonyl (C=O) groups excluding carboxylic acids is 3. The molecule has 3 rings (SSSR count). The number of ether oxygens (including phenoxy) is 1. The largest absolute Gasteiger partial charge is 0.376 e. The normalized spacial score (nSPS) is 21.7. The highest BCUT2D eigenvalue weighted by Crippen LogP contribution is 2.26. The molecule has 0 radical (unpaired) electrons. The van der Waals surface area contributed by atoms with E-state index in [1.807, 2.05) is 0 Å². The van der Waals surface area contributed by atoms with Gasteiger partial charge < -0.3 is 20.7 Å². The van der Waals surface area contributed by atoms with Crippen molar-refractivity contribution >= 4 is 29.1 Å². The molecule has 3 amide bonds. The number of aryl methyl sites for hydroxylation is 1. The van der Waals surface area contributed by atoms with Gasteiger partial charge in [0.15, 0.2) is 0 Å². The lowest BCUT2D eigenvalue weighted by Gasteiger charge is -2.28. The molecule has 27 heavy (non-hydrogen) atoms. The smallest absolute Gasteiger partial charge is 0.313 e. The summed E-state index contributed by atoms with van der Waals surface area (Å²) in [4.78, 5) is 35.4. The van der Waals surface area contributed by atoms with Crippen LogP contribution in [0.25, 0.3) is 0 Å². The summed E-state index contributed by atoms with van der Waals surface area (Å²) in [6, 6.07) is 5.19. The lowest BCUT2D eigenvalue weighted by atomic mass is 9.88. The Kier molecular flexibility index (Phi) is 6.45. The van der Waals surface area contributed by atoms with Gasteiger partial charge in [-0.2, -0.15) is 0 Å². The zero-order valence-electron chi connectivity index (χ0n) is 15.7. The van der Waals surface area contributed by atoms with Crippen molar-refractivity contribution in [1.82, 2.24) is 5.32 Å². The zero-order valence-corrected chi connectivity index (χ0v) is 15.7. The monoisotopic (exact) mass is 373 g/mol. The quantitative estimate of drug-likeness (QED) is 0.545. The molecule has 0 saturated heterocycles. The number of carbonyl (C=O) groups is 3. The van der Waals surface area contributed by atoms with Gasteiger partial charge in [0.2, 0.25) is 5.91 Å². The van der Waals surface area contributed by atoms with E-state index in [2.05, 4.69) is 22.9 Å². The predicted molar refractivity (Wildman–Crippen MR) is 102 cm³/mol. The molecule has 0 unspecified atom stereocenters. The number of hydrogen-bond donors (Lipinski definition) is 3. The minimum Gasteiger partial charge on any atom is -0.376 e. The van der Waals surface area contributed by atoms with E-state index in [0.717, 1.165) is 17.7 Å². The molecule has 3 N–H and O–H groups in total. The fourth-order valence-electron chi connectivity index (χ4n) is 3.63. The maximum absolute atomic E-state index is 12.0. The number of benzene rings is 1. The minimum absolute atomic E-state index is 0.0106. The molecule has 1 heterocycles. The molecular weight excluding hydrogens is 346 g/mol. The highest BCUT2D eigenvalue weighted by atomic mass is 16.5. The molecule has 1 aromatic carbocycles. The number of nitrogens with one attached hydrogen (secondary N) is 3. The third-order valence-electron chi connectivity index (χ3n) is 5.22. The average Bonchev–Trinajstić information content (AvgIpc) is 2.66. The molecule has 2 atom stereocenters. The first kappa shape index (κ1) is 19.4. The van der Waals surface area contributed by atoms with E-state index in [9.17, 15) is 14.4 Å². The summed E-state index contributed by atoms with van der Waals surface area (Å²) in [5.41, 5.74) is 2.24. The number of fused-ring (bicyclic) bond motifs is 1. The summed E-state index contributed by atoms with van der Waals surface area (Å²) in [6.07, 6.45) is 5.98. The molecule has 7 heteroatoms. The predicted octanol–water partition coefficient (Wildman–Crippen LogP) is 2.22. The van der Waals surface area contributed by atoms with Gasteiger partial charge in [0.25, 0.3) is 0 Å². The van der Waals surface area contributed by atoms with Crippen molar-refractivity contribution in [2.24, 2.45) is 5.92 Å². The molecule has 2 aliphatic rings. The van der Waals surface area contributed by atoms with Crippen molar-refractivity contribution in [3.63, 3.8) is 0 Å². The van der Waals surface area contributed by atoms with Crippen LogP contribution in [0.3, 0.4) is 0 Å².